The Morgan fingerprint density at radius 2 is 1.69 bits per heavy atom. The standard InChI is InChI=1S/C25H20Cl2N2O3/c1-3-32-20-11-8-16(9-12-20)22-23(28-18-10-7-15(2)21(27)14-18)25(31)29(24(22)30)19-6-4-5-17(26)13-19/h4-14,28H,3H2,1-2H3. The minimum absolute atomic E-state index is 0.166. The van der Waals surface area contributed by atoms with E-state index in [1.54, 1.807) is 54.6 Å². The van der Waals surface area contributed by atoms with Crippen LogP contribution in [0.2, 0.25) is 10.0 Å². The zero-order valence-electron chi connectivity index (χ0n) is 17.5. The van der Waals surface area contributed by atoms with Crippen LogP contribution in [0.25, 0.3) is 5.57 Å². The molecule has 0 spiro atoms. The molecule has 0 radical (unpaired) electrons. The summed E-state index contributed by atoms with van der Waals surface area (Å²) in [5, 5.41) is 4.10. The van der Waals surface area contributed by atoms with Crippen molar-refractivity contribution in [2.45, 2.75) is 13.8 Å². The number of halogens is 2. The first-order chi connectivity index (χ1) is 15.4. The molecule has 1 heterocycles. The van der Waals surface area contributed by atoms with Crippen LogP contribution in [0.3, 0.4) is 0 Å². The maximum Gasteiger partial charge on any atom is 0.282 e. The van der Waals surface area contributed by atoms with Gasteiger partial charge in [0, 0.05) is 15.7 Å². The van der Waals surface area contributed by atoms with Crippen LogP contribution in [0.4, 0.5) is 11.4 Å². The fraction of sp³-hybridized carbons (Fsp3) is 0.120. The summed E-state index contributed by atoms with van der Waals surface area (Å²) in [5.41, 5.74) is 2.93. The van der Waals surface area contributed by atoms with Crippen molar-refractivity contribution in [3.8, 4) is 5.75 Å². The molecule has 3 aromatic carbocycles. The number of ether oxygens (including phenoxy) is 1. The van der Waals surface area contributed by atoms with Crippen molar-refractivity contribution in [1.82, 2.24) is 0 Å². The normalized spacial score (nSPS) is 13.7. The van der Waals surface area contributed by atoms with E-state index in [2.05, 4.69) is 5.32 Å². The Balaban J connectivity index is 1.80. The van der Waals surface area contributed by atoms with E-state index in [4.69, 9.17) is 27.9 Å². The van der Waals surface area contributed by atoms with Crippen molar-refractivity contribution in [2.24, 2.45) is 0 Å². The number of aryl methyl sites for hydroxylation is 1. The summed E-state index contributed by atoms with van der Waals surface area (Å²) in [7, 11) is 0. The fourth-order valence-corrected chi connectivity index (χ4v) is 3.83. The summed E-state index contributed by atoms with van der Waals surface area (Å²) in [4.78, 5) is 28.0. The molecule has 1 aliphatic heterocycles. The van der Waals surface area contributed by atoms with Crippen molar-refractivity contribution >= 4 is 52.0 Å². The molecule has 0 saturated carbocycles. The van der Waals surface area contributed by atoms with E-state index in [0.29, 0.717) is 39.3 Å². The average molecular weight is 467 g/mol. The van der Waals surface area contributed by atoms with Crippen molar-refractivity contribution in [3.05, 3.63) is 93.6 Å². The van der Waals surface area contributed by atoms with Gasteiger partial charge in [0.05, 0.1) is 17.9 Å². The van der Waals surface area contributed by atoms with Gasteiger partial charge in [-0.3, -0.25) is 9.59 Å². The van der Waals surface area contributed by atoms with Crippen LogP contribution >= 0.6 is 23.2 Å². The van der Waals surface area contributed by atoms with Crippen LogP contribution in [0.5, 0.6) is 5.75 Å². The number of nitrogens with zero attached hydrogens (tertiary/aromatic N) is 1. The molecule has 0 fully saturated rings. The van der Waals surface area contributed by atoms with Gasteiger partial charge in [0.15, 0.2) is 0 Å². The Kier molecular flexibility index (Phi) is 6.21. The average Bonchev–Trinajstić information content (AvgIpc) is 3.01. The number of imide groups is 1. The Bertz CT molecular complexity index is 1240. The first-order valence-corrected chi connectivity index (χ1v) is 10.8. The van der Waals surface area contributed by atoms with E-state index in [1.165, 1.54) is 0 Å². The number of hydrogen-bond donors (Lipinski definition) is 1. The zero-order chi connectivity index (χ0) is 22.8. The number of carbonyl (C=O) groups is 2. The van der Waals surface area contributed by atoms with E-state index in [9.17, 15) is 9.59 Å². The molecule has 0 saturated heterocycles. The first-order valence-electron chi connectivity index (χ1n) is 10.0. The van der Waals surface area contributed by atoms with Gasteiger partial charge in [-0.15, -0.1) is 0 Å². The lowest BCUT2D eigenvalue weighted by Crippen LogP contribution is -2.32. The molecule has 7 heteroatoms. The maximum atomic E-state index is 13.5. The Morgan fingerprint density at radius 3 is 2.34 bits per heavy atom. The molecule has 0 atom stereocenters. The summed E-state index contributed by atoms with van der Waals surface area (Å²) < 4.78 is 5.50. The van der Waals surface area contributed by atoms with Gasteiger partial charge in [-0.2, -0.15) is 0 Å². The minimum atomic E-state index is -0.474. The van der Waals surface area contributed by atoms with E-state index in [0.717, 1.165) is 10.5 Å². The second-order valence-corrected chi connectivity index (χ2v) is 8.07. The fourth-order valence-electron chi connectivity index (χ4n) is 3.46. The molecule has 3 aromatic rings. The molecule has 4 rings (SSSR count). The SMILES string of the molecule is CCOc1ccc(C2=C(Nc3ccc(C)c(Cl)c3)C(=O)N(c3cccc(Cl)c3)C2=O)cc1. The molecule has 0 aromatic heterocycles. The Labute approximate surface area is 196 Å². The molecule has 5 nitrogen and oxygen atoms in total. The Morgan fingerprint density at radius 1 is 0.938 bits per heavy atom. The van der Waals surface area contributed by atoms with Crippen LogP contribution in [0.15, 0.2) is 72.4 Å². The summed E-state index contributed by atoms with van der Waals surface area (Å²) in [6.07, 6.45) is 0. The number of benzene rings is 3. The summed E-state index contributed by atoms with van der Waals surface area (Å²) in [6, 6.07) is 19.1. The molecule has 162 valence electrons. The van der Waals surface area contributed by atoms with Gasteiger partial charge >= 0.3 is 0 Å². The zero-order valence-corrected chi connectivity index (χ0v) is 19.0. The van der Waals surface area contributed by atoms with Gasteiger partial charge in [-0.05, 0) is 67.4 Å². The predicted molar refractivity (Wildman–Crippen MR) is 128 cm³/mol. The van der Waals surface area contributed by atoms with E-state index in [-0.39, 0.29) is 11.3 Å². The number of anilines is 2. The van der Waals surface area contributed by atoms with Crippen molar-refractivity contribution in [1.29, 1.82) is 0 Å². The largest absolute Gasteiger partial charge is 0.494 e. The monoisotopic (exact) mass is 466 g/mol. The lowest BCUT2D eigenvalue weighted by Gasteiger charge is -2.15. The minimum Gasteiger partial charge on any atom is -0.494 e. The highest BCUT2D eigenvalue weighted by Crippen LogP contribution is 2.35. The molecule has 1 N–H and O–H groups in total. The molecule has 32 heavy (non-hydrogen) atoms. The molecular weight excluding hydrogens is 447 g/mol. The predicted octanol–water partition coefficient (Wildman–Crippen LogP) is 6.10. The van der Waals surface area contributed by atoms with Gasteiger partial charge in [-0.1, -0.05) is 47.5 Å². The van der Waals surface area contributed by atoms with Crippen LogP contribution in [-0.4, -0.2) is 18.4 Å². The van der Waals surface area contributed by atoms with E-state index < -0.39 is 11.8 Å². The summed E-state index contributed by atoms with van der Waals surface area (Å²) in [5.74, 6) is -0.236. The highest BCUT2D eigenvalue weighted by molar-refractivity contribution is 6.46. The Hall–Kier alpha value is -3.28. The quantitative estimate of drug-likeness (QED) is 0.446. The number of nitrogens with one attached hydrogen (secondary N) is 1. The van der Waals surface area contributed by atoms with Gasteiger partial charge in [0.25, 0.3) is 11.8 Å². The van der Waals surface area contributed by atoms with E-state index >= 15 is 0 Å². The molecule has 0 unspecified atom stereocenters. The topological polar surface area (TPSA) is 58.6 Å². The number of hydrogen-bond acceptors (Lipinski definition) is 4. The molecule has 0 aliphatic carbocycles. The lowest BCUT2D eigenvalue weighted by atomic mass is 10.0. The van der Waals surface area contributed by atoms with Crippen molar-refractivity contribution in [2.75, 3.05) is 16.8 Å². The van der Waals surface area contributed by atoms with Crippen LogP contribution < -0.4 is 15.0 Å². The van der Waals surface area contributed by atoms with Gasteiger partial charge in [0.1, 0.15) is 11.4 Å². The lowest BCUT2D eigenvalue weighted by molar-refractivity contribution is -0.120. The third kappa shape index (κ3) is 4.22. The number of amides is 2. The number of rotatable bonds is 6. The third-order valence-electron chi connectivity index (χ3n) is 5.05. The summed E-state index contributed by atoms with van der Waals surface area (Å²) >= 11 is 12.4. The van der Waals surface area contributed by atoms with Crippen molar-refractivity contribution < 1.29 is 14.3 Å². The van der Waals surface area contributed by atoms with Gasteiger partial charge in [-0.25, -0.2) is 4.90 Å². The smallest absolute Gasteiger partial charge is 0.282 e. The van der Waals surface area contributed by atoms with Crippen LogP contribution in [-0.2, 0) is 9.59 Å². The number of carbonyl (C=O) groups excluding carboxylic acids is 2. The highest BCUT2D eigenvalue weighted by atomic mass is 35.5. The second kappa shape index (κ2) is 9.07. The van der Waals surface area contributed by atoms with Crippen LogP contribution in [0, 0.1) is 6.92 Å². The summed E-state index contributed by atoms with van der Waals surface area (Å²) in [6.45, 7) is 4.32. The highest BCUT2D eigenvalue weighted by Gasteiger charge is 2.40. The van der Waals surface area contributed by atoms with Crippen LogP contribution in [0.1, 0.15) is 18.1 Å². The molecule has 1 aliphatic rings. The maximum absolute atomic E-state index is 13.5. The molecule has 0 bridgehead atoms. The van der Waals surface area contributed by atoms with E-state index in [1.807, 2.05) is 26.0 Å². The second-order valence-electron chi connectivity index (χ2n) is 7.22. The van der Waals surface area contributed by atoms with Gasteiger partial charge < -0.3 is 10.1 Å². The third-order valence-corrected chi connectivity index (χ3v) is 5.69. The molecule has 2 amide bonds. The van der Waals surface area contributed by atoms with Gasteiger partial charge in [0.2, 0.25) is 0 Å². The van der Waals surface area contributed by atoms with Crippen molar-refractivity contribution in [3.63, 3.8) is 0 Å². The first kappa shape index (κ1) is 21.9. The molecular formula is C25H20Cl2N2O3.